The van der Waals surface area contributed by atoms with Crippen molar-refractivity contribution in [3.05, 3.63) is 5.82 Å². The van der Waals surface area contributed by atoms with E-state index in [-0.39, 0.29) is 12.0 Å². The quantitative estimate of drug-likeness (QED) is 0.746. The fourth-order valence-electron chi connectivity index (χ4n) is 1.71. The first-order valence-corrected chi connectivity index (χ1v) is 7.19. The highest BCUT2D eigenvalue weighted by Gasteiger charge is 2.16. The molecule has 6 nitrogen and oxygen atoms in total. The van der Waals surface area contributed by atoms with Gasteiger partial charge in [0.15, 0.2) is 0 Å². The molecule has 2 rings (SSSR count). The van der Waals surface area contributed by atoms with Gasteiger partial charge in [-0.3, -0.25) is 9.89 Å². The summed E-state index contributed by atoms with van der Waals surface area (Å²) in [5.74, 6) is 1.18. The maximum atomic E-state index is 11.6. The molecule has 100 valence electrons. The molecule has 1 fully saturated rings. The first-order valence-electron chi connectivity index (χ1n) is 6.20. The van der Waals surface area contributed by atoms with Crippen LogP contribution in [0, 0.1) is 0 Å². The number of aromatic amines is 1. The molecule has 2 N–H and O–H groups in total. The lowest BCUT2D eigenvalue weighted by molar-refractivity contribution is -0.119. The Labute approximate surface area is 110 Å². The molecule has 0 spiro atoms. The lowest BCUT2D eigenvalue weighted by atomic mass is 10.2. The van der Waals surface area contributed by atoms with Crippen LogP contribution < -0.4 is 5.32 Å². The van der Waals surface area contributed by atoms with Gasteiger partial charge < -0.3 is 10.1 Å². The number of aryl methyl sites for hydroxylation is 1. The summed E-state index contributed by atoms with van der Waals surface area (Å²) in [6.07, 6.45) is 3.13. The number of hydrogen-bond acceptors (Lipinski definition) is 5. The van der Waals surface area contributed by atoms with Crippen LogP contribution in [-0.4, -0.2) is 46.1 Å². The Morgan fingerprint density at radius 1 is 1.67 bits per heavy atom. The molecule has 0 radical (unpaired) electrons. The van der Waals surface area contributed by atoms with E-state index in [1.807, 2.05) is 6.92 Å². The molecular formula is C11H18N4O2S. The van der Waals surface area contributed by atoms with Crippen LogP contribution in [0.3, 0.4) is 0 Å². The van der Waals surface area contributed by atoms with Crippen LogP contribution in [0.25, 0.3) is 0 Å². The van der Waals surface area contributed by atoms with Gasteiger partial charge in [-0.1, -0.05) is 18.7 Å². The fourth-order valence-corrected chi connectivity index (χ4v) is 2.36. The summed E-state index contributed by atoms with van der Waals surface area (Å²) in [6.45, 7) is 3.42. The minimum Gasteiger partial charge on any atom is -0.376 e. The summed E-state index contributed by atoms with van der Waals surface area (Å²) in [5.41, 5.74) is 0. The van der Waals surface area contributed by atoms with Crippen molar-refractivity contribution >= 4 is 17.7 Å². The number of amides is 1. The first-order chi connectivity index (χ1) is 8.78. The lowest BCUT2D eigenvalue weighted by Gasteiger charge is -2.09. The zero-order valence-corrected chi connectivity index (χ0v) is 11.3. The van der Waals surface area contributed by atoms with Gasteiger partial charge in [-0.05, 0) is 12.8 Å². The van der Waals surface area contributed by atoms with Gasteiger partial charge in [-0.15, -0.1) is 5.10 Å². The van der Waals surface area contributed by atoms with E-state index >= 15 is 0 Å². The summed E-state index contributed by atoms with van der Waals surface area (Å²) in [7, 11) is 0. The number of carbonyl (C=O) groups excluding carboxylic acids is 1. The SMILES string of the molecule is CCc1nc(SCC(=O)NCC2CCCO2)n[nH]1. The molecule has 7 heteroatoms. The molecule has 1 aliphatic rings. The molecule has 1 aromatic rings. The molecule has 0 aliphatic carbocycles. The third-order valence-electron chi connectivity index (χ3n) is 2.73. The summed E-state index contributed by atoms with van der Waals surface area (Å²) >= 11 is 1.34. The predicted molar refractivity (Wildman–Crippen MR) is 68.5 cm³/mol. The van der Waals surface area contributed by atoms with Gasteiger partial charge in [0.1, 0.15) is 5.82 Å². The van der Waals surface area contributed by atoms with Gasteiger partial charge in [0.05, 0.1) is 11.9 Å². The molecule has 1 unspecified atom stereocenters. The van der Waals surface area contributed by atoms with Crippen LogP contribution in [0.1, 0.15) is 25.6 Å². The monoisotopic (exact) mass is 270 g/mol. The lowest BCUT2D eigenvalue weighted by Crippen LogP contribution is -2.32. The molecule has 1 amide bonds. The molecule has 1 aromatic heterocycles. The van der Waals surface area contributed by atoms with E-state index in [1.165, 1.54) is 11.8 Å². The molecule has 2 heterocycles. The van der Waals surface area contributed by atoms with E-state index in [4.69, 9.17) is 4.74 Å². The average Bonchev–Trinajstić information content (AvgIpc) is 3.04. The van der Waals surface area contributed by atoms with Crippen molar-refractivity contribution < 1.29 is 9.53 Å². The summed E-state index contributed by atoms with van der Waals surface area (Å²) in [6, 6.07) is 0. The van der Waals surface area contributed by atoms with Crippen LogP contribution >= 0.6 is 11.8 Å². The van der Waals surface area contributed by atoms with Crippen LogP contribution in [0.2, 0.25) is 0 Å². The minimum atomic E-state index is -0.00153. The number of aromatic nitrogens is 3. The number of nitrogens with zero attached hydrogens (tertiary/aromatic N) is 2. The van der Waals surface area contributed by atoms with Crippen LogP contribution in [0.15, 0.2) is 5.16 Å². The van der Waals surface area contributed by atoms with E-state index < -0.39 is 0 Å². The van der Waals surface area contributed by atoms with Gasteiger partial charge in [0.2, 0.25) is 11.1 Å². The largest absolute Gasteiger partial charge is 0.376 e. The molecule has 1 saturated heterocycles. The highest BCUT2D eigenvalue weighted by molar-refractivity contribution is 7.99. The Balaban J connectivity index is 1.64. The van der Waals surface area contributed by atoms with E-state index in [9.17, 15) is 4.79 Å². The van der Waals surface area contributed by atoms with Crippen molar-refractivity contribution in [2.45, 2.75) is 37.4 Å². The van der Waals surface area contributed by atoms with Crippen molar-refractivity contribution in [2.24, 2.45) is 0 Å². The maximum absolute atomic E-state index is 11.6. The highest BCUT2D eigenvalue weighted by atomic mass is 32.2. The molecule has 0 aromatic carbocycles. The second-order valence-corrected chi connectivity index (χ2v) is 5.09. The predicted octanol–water partition coefficient (Wildman–Crippen LogP) is 0.754. The van der Waals surface area contributed by atoms with Crippen molar-refractivity contribution in [3.63, 3.8) is 0 Å². The Morgan fingerprint density at radius 2 is 2.56 bits per heavy atom. The number of thioether (sulfide) groups is 1. The fraction of sp³-hybridized carbons (Fsp3) is 0.727. The van der Waals surface area contributed by atoms with Crippen molar-refractivity contribution in [3.8, 4) is 0 Å². The minimum absolute atomic E-state index is 0.00153. The normalized spacial score (nSPS) is 19.1. The van der Waals surface area contributed by atoms with Gasteiger partial charge in [0, 0.05) is 19.6 Å². The molecule has 0 saturated carbocycles. The Morgan fingerprint density at radius 3 is 3.22 bits per heavy atom. The van der Waals surface area contributed by atoms with Gasteiger partial charge in [0.25, 0.3) is 0 Å². The third-order valence-corrected chi connectivity index (χ3v) is 3.58. The van der Waals surface area contributed by atoms with Gasteiger partial charge >= 0.3 is 0 Å². The average molecular weight is 270 g/mol. The standard InChI is InChI=1S/C11H18N4O2S/c1-2-9-13-11(15-14-9)18-7-10(16)12-6-8-4-3-5-17-8/h8H,2-7H2,1H3,(H,12,16)(H,13,14,15). The first kappa shape index (κ1) is 13.4. The zero-order chi connectivity index (χ0) is 12.8. The van der Waals surface area contributed by atoms with Crippen molar-refractivity contribution in [2.75, 3.05) is 18.9 Å². The molecule has 1 aliphatic heterocycles. The summed E-state index contributed by atoms with van der Waals surface area (Å²) < 4.78 is 5.43. The summed E-state index contributed by atoms with van der Waals surface area (Å²) in [4.78, 5) is 15.8. The second kappa shape index (κ2) is 6.75. The third kappa shape index (κ3) is 3.99. The molecular weight excluding hydrogens is 252 g/mol. The molecule has 18 heavy (non-hydrogen) atoms. The van der Waals surface area contributed by atoms with E-state index in [0.717, 1.165) is 31.7 Å². The number of ether oxygens (including phenoxy) is 1. The van der Waals surface area contributed by atoms with E-state index in [2.05, 4.69) is 20.5 Å². The zero-order valence-electron chi connectivity index (χ0n) is 10.4. The number of rotatable bonds is 6. The maximum Gasteiger partial charge on any atom is 0.230 e. The van der Waals surface area contributed by atoms with E-state index in [0.29, 0.717) is 17.5 Å². The van der Waals surface area contributed by atoms with Crippen LogP contribution in [-0.2, 0) is 16.0 Å². The molecule has 0 bridgehead atoms. The van der Waals surface area contributed by atoms with Crippen LogP contribution in [0.5, 0.6) is 0 Å². The number of carbonyl (C=O) groups is 1. The smallest absolute Gasteiger partial charge is 0.230 e. The number of hydrogen-bond donors (Lipinski definition) is 2. The summed E-state index contributed by atoms with van der Waals surface area (Å²) in [5, 5.41) is 10.3. The van der Waals surface area contributed by atoms with Crippen molar-refractivity contribution in [1.82, 2.24) is 20.5 Å². The van der Waals surface area contributed by atoms with E-state index in [1.54, 1.807) is 0 Å². The molecule has 1 atom stereocenters. The van der Waals surface area contributed by atoms with Crippen molar-refractivity contribution in [1.29, 1.82) is 0 Å². The Bertz CT molecular complexity index is 390. The Kier molecular flexibility index (Phi) is 5.00. The second-order valence-electron chi connectivity index (χ2n) is 4.15. The number of H-pyrrole nitrogens is 1. The van der Waals surface area contributed by atoms with Crippen LogP contribution in [0.4, 0.5) is 0 Å². The van der Waals surface area contributed by atoms with Gasteiger partial charge in [-0.25, -0.2) is 4.98 Å². The number of nitrogens with one attached hydrogen (secondary N) is 2. The Hall–Kier alpha value is -1.08. The van der Waals surface area contributed by atoms with Gasteiger partial charge in [-0.2, -0.15) is 0 Å². The highest BCUT2D eigenvalue weighted by Crippen LogP contribution is 2.13. The topological polar surface area (TPSA) is 79.9 Å².